The maximum atomic E-state index is 5.63. The lowest BCUT2D eigenvalue weighted by Gasteiger charge is -2.15. The average Bonchev–Trinajstić information content (AvgIpc) is 1.91. The summed E-state index contributed by atoms with van der Waals surface area (Å²) < 4.78 is 0. The smallest absolute Gasteiger partial charge is 0.00388 e. The van der Waals surface area contributed by atoms with Crippen LogP contribution in [0.25, 0.3) is 0 Å². The van der Waals surface area contributed by atoms with Crippen LogP contribution in [0.3, 0.4) is 0 Å². The maximum Gasteiger partial charge on any atom is 0.00388 e. The van der Waals surface area contributed by atoms with Gasteiger partial charge in [-0.25, -0.2) is 0 Å². The van der Waals surface area contributed by atoms with Crippen molar-refractivity contribution in [2.45, 2.75) is 45.1 Å². The predicted molar refractivity (Wildman–Crippen MR) is 50.6 cm³/mol. The SMILES string of the molecule is CCS.NC1CCCCC1. The molecule has 0 aliphatic heterocycles. The van der Waals surface area contributed by atoms with Gasteiger partial charge in [-0.05, 0) is 18.6 Å². The van der Waals surface area contributed by atoms with Crippen LogP contribution < -0.4 is 5.73 Å². The highest BCUT2D eigenvalue weighted by Gasteiger charge is 2.06. The van der Waals surface area contributed by atoms with E-state index in [2.05, 4.69) is 12.6 Å². The van der Waals surface area contributed by atoms with E-state index < -0.39 is 0 Å². The molecule has 1 nitrogen and oxygen atoms in total. The highest BCUT2D eigenvalue weighted by Crippen LogP contribution is 2.14. The third kappa shape index (κ3) is 6.43. The van der Waals surface area contributed by atoms with E-state index in [1.54, 1.807) is 0 Å². The summed E-state index contributed by atoms with van der Waals surface area (Å²) in [5.41, 5.74) is 5.63. The fourth-order valence-corrected chi connectivity index (χ4v) is 1.13. The Morgan fingerprint density at radius 2 is 1.70 bits per heavy atom. The first kappa shape index (κ1) is 10.3. The van der Waals surface area contributed by atoms with Gasteiger partial charge in [0.25, 0.3) is 0 Å². The van der Waals surface area contributed by atoms with Gasteiger partial charge in [0.05, 0.1) is 0 Å². The van der Waals surface area contributed by atoms with Crippen molar-refractivity contribution < 1.29 is 0 Å². The van der Waals surface area contributed by atoms with Gasteiger partial charge in [0.15, 0.2) is 0 Å². The average molecular weight is 161 g/mol. The van der Waals surface area contributed by atoms with E-state index in [1.807, 2.05) is 6.92 Å². The fourth-order valence-electron chi connectivity index (χ4n) is 1.13. The molecule has 2 heteroatoms. The van der Waals surface area contributed by atoms with Gasteiger partial charge in [-0.15, -0.1) is 0 Å². The lowest BCUT2D eigenvalue weighted by Crippen LogP contribution is -2.22. The van der Waals surface area contributed by atoms with Gasteiger partial charge in [-0.3, -0.25) is 0 Å². The van der Waals surface area contributed by atoms with Gasteiger partial charge < -0.3 is 5.73 Å². The summed E-state index contributed by atoms with van der Waals surface area (Å²) in [6.45, 7) is 1.99. The highest BCUT2D eigenvalue weighted by molar-refractivity contribution is 7.80. The molecule has 1 aliphatic rings. The number of hydrogen-bond donors (Lipinski definition) is 2. The molecule has 1 aliphatic carbocycles. The van der Waals surface area contributed by atoms with Crippen LogP contribution >= 0.6 is 12.6 Å². The van der Waals surface area contributed by atoms with E-state index in [9.17, 15) is 0 Å². The summed E-state index contributed by atoms with van der Waals surface area (Å²) in [5.74, 6) is 0.944. The van der Waals surface area contributed by atoms with Crippen molar-refractivity contribution in [3.63, 3.8) is 0 Å². The van der Waals surface area contributed by atoms with E-state index in [-0.39, 0.29) is 0 Å². The molecule has 0 amide bonds. The molecule has 1 saturated carbocycles. The Bertz CT molecular complexity index is 60.3. The van der Waals surface area contributed by atoms with Crippen molar-refractivity contribution in [1.82, 2.24) is 0 Å². The van der Waals surface area contributed by atoms with Crippen molar-refractivity contribution in [3.8, 4) is 0 Å². The standard InChI is InChI=1S/C6H13N.C2H6S/c7-6-4-2-1-3-5-6;1-2-3/h6H,1-5,7H2;3H,2H2,1H3. The quantitative estimate of drug-likeness (QED) is 0.523. The molecule has 62 valence electrons. The Morgan fingerprint density at radius 3 is 1.90 bits per heavy atom. The third-order valence-corrected chi connectivity index (χ3v) is 1.65. The van der Waals surface area contributed by atoms with E-state index in [0.29, 0.717) is 6.04 Å². The zero-order chi connectivity index (χ0) is 7.82. The third-order valence-electron chi connectivity index (χ3n) is 1.65. The van der Waals surface area contributed by atoms with Crippen LogP contribution in [0, 0.1) is 0 Å². The van der Waals surface area contributed by atoms with E-state index >= 15 is 0 Å². The topological polar surface area (TPSA) is 26.0 Å². The molecule has 1 fully saturated rings. The second kappa shape index (κ2) is 7.42. The first-order chi connectivity index (χ1) is 4.81. The first-order valence-corrected chi connectivity index (χ1v) is 4.81. The van der Waals surface area contributed by atoms with Crippen LogP contribution in [0.15, 0.2) is 0 Å². The molecule has 0 heterocycles. The van der Waals surface area contributed by atoms with Crippen LogP contribution in [0.4, 0.5) is 0 Å². The number of hydrogen-bond acceptors (Lipinski definition) is 2. The number of rotatable bonds is 0. The second-order valence-electron chi connectivity index (χ2n) is 2.71. The van der Waals surface area contributed by atoms with Gasteiger partial charge >= 0.3 is 0 Å². The lowest BCUT2D eigenvalue weighted by atomic mass is 9.97. The minimum Gasteiger partial charge on any atom is -0.328 e. The maximum absolute atomic E-state index is 5.63. The molecule has 0 saturated heterocycles. The number of nitrogens with two attached hydrogens (primary N) is 1. The molecular weight excluding hydrogens is 142 g/mol. The summed E-state index contributed by atoms with van der Waals surface area (Å²) in [7, 11) is 0. The van der Waals surface area contributed by atoms with Crippen molar-refractivity contribution in [2.24, 2.45) is 5.73 Å². The minimum absolute atomic E-state index is 0.536. The largest absolute Gasteiger partial charge is 0.328 e. The molecule has 0 aromatic rings. The normalized spacial score (nSPS) is 19.5. The Kier molecular flexibility index (Phi) is 7.65. The van der Waals surface area contributed by atoms with E-state index in [0.717, 1.165) is 5.75 Å². The van der Waals surface area contributed by atoms with Gasteiger partial charge in [0.1, 0.15) is 0 Å². The lowest BCUT2D eigenvalue weighted by molar-refractivity contribution is 0.441. The van der Waals surface area contributed by atoms with Crippen LogP contribution in [-0.4, -0.2) is 11.8 Å². The predicted octanol–water partition coefficient (Wildman–Crippen LogP) is 2.21. The summed E-state index contributed by atoms with van der Waals surface area (Å²) >= 11 is 3.79. The molecule has 2 N–H and O–H groups in total. The molecular formula is C8H19NS. The first-order valence-electron chi connectivity index (χ1n) is 4.17. The van der Waals surface area contributed by atoms with Crippen molar-refractivity contribution in [3.05, 3.63) is 0 Å². The molecule has 0 aromatic carbocycles. The van der Waals surface area contributed by atoms with Gasteiger partial charge in [-0.2, -0.15) is 12.6 Å². The van der Waals surface area contributed by atoms with Crippen LogP contribution in [0.2, 0.25) is 0 Å². The summed E-state index contributed by atoms with van der Waals surface area (Å²) in [6, 6.07) is 0.536. The molecule has 0 unspecified atom stereocenters. The van der Waals surface area contributed by atoms with E-state index in [4.69, 9.17) is 5.73 Å². The van der Waals surface area contributed by atoms with Crippen LogP contribution in [0.1, 0.15) is 39.0 Å². The van der Waals surface area contributed by atoms with E-state index in [1.165, 1.54) is 32.1 Å². The monoisotopic (exact) mass is 161 g/mol. The summed E-state index contributed by atoms with van der Waals surface area (Å²) in [5, 5.41) is 0. The molecule has 0 bridgehead atoms. The van der Waals surface area contributed by atoms with Gasteiger partial charge in [-0.1, -0.05) is 26.2 Å². The van der Waals surface area contributed by atoms with Crippen molar-refractivity contribution >= 4 is 12.6 Å². The number of thiol groups is 1. The zero-order valence-corrected chi connectivity index (χ0v) is 7.74. The van der Waals surface area contributed by atoms with Crippen LogP contribution in [-0.2, 0) is 0 Å². The Balaban J connectivity index is 0.000000236. The molecule has 1 rings (SSSR count). The van der Waals surface area contributed by atoms with Gasteiger partial charge in [0, 0.05) is 6.04 Å². The molecule has 0 aromatic heterocycles. The molecule has 0 atom stereocenters. The zero-order valence-electron chi connectivity index (χ0n) is 6.84. The summed E-state index contributed by atoms with van der Waals surface area (Å²) in [4.78, 5) is 0. The van der Waals surface area contributed by atoms with Crippen LogP contribution in [0.5, 0.6) is 0 Å². The van der Waals surface area contributed by atoms with Crippen molar-refractivity contribution in [1.29, 1.82) is 0 Å². The Labute approximate surface area is 69.8 Å². The summed E-state index contributed by atoms with van der Waals surface area (Å²) in [6.07, 6.45) is 6.66. The van der Waals surface area contributed by atoms with Crippen molar-refractivity contribution in [2.75, 3.05) is 5.75 Å². The highest BCUT2D eigenvalue weighted by atomic mass is 32.1. The Morgan fingerprint density at radius 1 is 1.30 bits per heavy atom. The molecule has 0 radical (unpaired) electrons. The Hall–Kier alpha value is 0.310. The fraction of sp³-hybridized carbons (Fsp3) is 1.00. The second-order valence-corrected chi connectivity index (χ2v) is 3.35. The van der Waals surface area contributed by atoms with Gasteiger partial charge in [0.2, 0.25) is 0 Å². The molecule has 10 heavy (non-hydrogen) atoms. The minimum atomic E-state index is 0.536. The molecule has 0 spiro atoms.